The summed E-state index contributed by atoms with van der Waals surface area (Å²) in [6.45, 7) is 1.82. The Labute approximate surface area is 125 Å². The van der Waals surface area contributed by atoms with Gasteiger partial charge in [-0.1, -0.05) is 23.2 Å². The van der Waals surface area contributed by atoms with Crippen LogP contribution in [0.5, 0.6) is 11.5 Å². The molecule has 1 atom stereocenters. The van der Waals surface area contributed by atoms with Gasteiger partial charge in [-0.25, -0.2) is 4.39 Å². The molecule has 0 aliphatic carbocycles. The highest BCUT2D eigenvalue weighted by Crippen LogP contribution is 2.31. The molecule has 3 N–H and O–H groups in total. The van der Waals surface area contributed by atoms with Crippen LogP contribution in [0.25, 0.3) is 0 Å². The zero-order chi connectivity index (χ0) is 14.9. The van der Waals surface area contributed by atoms with Crippen LogP contribution in [0.15, 0.2) is 30.3 Å². The van der Waals surface area contributed by atoms with Crippen LogP contribution < -0.4 is 5.32 Å². The fraction of sp³-hybridized carbons (Fsp3) is 0.143. The topological polar surface area (TPSA) is 52.5 Å². The van der Waals surface area contributed by atoms with E-state index < -0.39 is 5.82 Å². The SMILES string of the molecule is CC(Nc1cc(Cl)c(F)c(Cl)c1)c1cc(O)cc(O)c1. The second-order valence-electron chi connectivity index (χ2n) is 4.40. The molecule has 106 valence electrons. The lowest BCUT2D eigenvalue weighted by Crippen LogP contribution is -2.06. The van der Waals surface area contributed by atoms with E-state index in [-0.39, 0.29) is 27.6 Å². The number of phenols is 2. The molecule has 0 aliphatic heterocycles. The summed E-state index contributed by atoms with van der Waals surface area (Å²) in [5.74, 6) is -0.742. The highest BCUT2D eigenvalue weighted by atomic mass is 35.5. The van der Waals surface area contributed by atoms with E-state index in [1.54, 1.807) is 0 Å². The molecule has 3 nitrogen and oxygen atoms in total. The number of hydrogen-bond acceptors (Lipinski definition) is 3. The molecule has 2 rings (SSSR count). The minimum Gasteiger partial charge on any atom is -0.508 e. The lowest BCUT2D eigenvalue weighted by molar-refractivity contribution is 0.448. The van der Waals surface area contributed by atoms with Crippen LogP contribution >= 0.6 is 23.2 Å². The molecule has 6 heteroatoms. The van der Waals surface area contributed by atoms with Gasteiger partial charge in [0.25, 0.3) is 0 Å². The number of nitrogens with one attached hydrogen (secondary N) is 1. The van der Waals surface area contributed by atoms with Gasteiger partial charge in [0.1, 0.15) is 11.5 Å². The van der Waals surface area contributed by atoms with Crippen LogP contribution in [0.2, 0.25) is 10.0 Å². The smallest absolute Gasteiger partial charge is 0.160 e. The Morgan fingerprint density at radius 1 is 1.00 bits per heavy atom. The first kappa shape index (κ1) is 14.8. The van der Waals surface area contributed by atoms with Crippen molar-refractivity contribution in [1.82, 2.24) is 0 Å². The molecule has 0 saturated heterocycles. The molecule has 0 aliphatic rings. The molecule has 2 aromatic carbocycles. The van der Waals surface area contributed by atoms with Gasteiger partial charge in [0.15, 0.2) is 5.82 Å². The molecule has 2 aromatic rings. The van der Waals surface area contributed by atoms with Gasteiger partial charge in [-0.3, -0.25) is 0 Å². The van der Waals surface area contributed by atoms with E-state index in [1.807, 2.05) is 6.92 Å². The third-order valence-corrected chi connectivity index (χ3v) is 3.34. The maximum Gasteiger partial charge on any atom is 0.160 e. The minimum atomic E-state index is -0.665. The number of halogens is 3. The second-order valence-corrected chi connectivity index (χ2v) is 5.22. The molecule has 0 amide bonds. The van der Waals surface area contributed by atoms with Crippen LogP contribution in [0.1, 0.15) is 18.5 Å². The third-order valence-electron chi connectivity index (χ3n) is 2.79. The molecular formula is C14H12Cl2FNO2. The van der Waals surface area contributed by atoms with Crippen molar-refractivity contribution in [3.63, 3.8) is 0 Å². The Kier molecular flexibility index (Phi) is 4.26. The van der Waals surface area contributed by atoms with E-state index in [9.17, 15) is 14.6 Å². The standard InChI is InChI=1S/C14H12Cl2FNO2/c1-7(8-2-10(19)6-11(20)3-8)18-9-4-12(15)14(17)13(16)5-9/h2-7,18-20H,1H3. The summed E-state index contributed by atoms with van der Waals surface area (Å²) in [5, 5.41) is 21.8. The molecule has 20 heavy (non-hydrogen) atoms. The normalized spacial score (nSPS) is 12.2. The fourth-order valence-corrected chi connectivity index (χ4v) is 2.33. The second kappa shape index (κ2) is 5.77. The Balaban J connectivity index is 2.25. The van der Waals surface area contributed by atoms with E-state index in [0.29, 0.717) is 11.3 Å². The highest BCUT2D eigenvalue weighted by molar-refractivity contribution is 6.35. The number of anilines is 1. The fourth-order valence-electron chi connectivity index (χ4n) is 1.84. The average Bonchev–Trinajstić information content (AvgIpc) is 2.34. The summed E-state index contributed by atoms with van der Waals surface area (Å²) in [6.07, 6.45) is 0. The quantitative estimate of drug-likeness (QED) is 0.718. The van der Waals surface area contributed by atoms with Crippen molar-refractivity contribution in [3.05, 3.63) is 51.8 Å². The van der Waals surface area contributed by atoms with E-state index >= 15 is 0 Å². The Morgan fingerprint density at radius 2 is 1.50 bits per heavy atom. The first-order valence-electron chi connectivity index (χ1n) is 5.81. The molecule has 0 saturated carbocycles. The lowest BCUT2D eigenvalue weighted by atomic mass is 10.1. The van der Waals surface area contributed by atoms with Crippen LogP contribution in [0.3, 0.4) is 0 Å². The number of phenolic OH excluding ortho intramolecular Hbond substituents is 2. The first-order valence-corrected chi connectivity index (χ1v) is 6.56. The van der Waals surface area contributed by atoms with Gasteiger partial charge in [-0.2, -0.15) is 0 Å². The van der Waals surface area contributed by atoms with Crippen molar-refractivity contribution >= 4 is 28.9 Å². The van der Waals surface area contributed by atoms with E-state index in [1.165, 1.54) is 30.3 Å². The Hall–Kier alpha value is -1.65. The van der Waals surface area contributed by atoms with Crippen molar-refractivity contribution < 1.29 is 14.6 Å². The van der Waals surface area contributed by atoms with Gasteiger partial charge in [-0.15, -0.1) is 0 Å². The maximum absolute atomic E-state index is 13.3. The van der Waals surface area contributed by atoms with Crippen LogP contribution in [0.4, 0.5) is 10.1 Å². The summed E-state index contributed by atoms with van der Waals surface area (Å²) in [7, 11) is 0. The van der Waals surface area contributed by atoms with E-state index in [4.69, 9.17) is 23.2 Å². The number of benzene rings is 2. The molecule has 0 radical (unpaired) electrons. The van der Waals surface area contributed by atoms with Crippen LogP contribution in [0, 0.1) is 5.82 Å². The summed E-state index contributed by atoms with van der Waals surface area (Å²) < 4.78 is 13.3. The van der Waals surface area contributed by atoms with Gasteiger partial charge < -0.3 is 15.5 Å². The van der Waals surface area contributed by atoms with Gasteiger partial charge in [0, 0.05) is 17.8 Å². The Morgan fingerprint density at radius 3 is 2.00 bits per heavy atom. The van der Waals surface area contributed by atoms with E-state index in [2.05, 4.69) is 5.32 Å². The molecular weight excluding hydrogens is 304 g/mol. The van der Waals surface area contributed by atoms with Crippen molar-refractivity contribution in [2.24, 2.45) is 0 Å². The molecule has 0 fully saturated rings. The average molecular weight is 316 g/mol. The predicted molar refractivity (Wildman–Crippen MR) is 78.2 cm³/mol. The molecule has 1 unspecified atom stereocenters. The van der Waals surface area contributed by atoms with Crippen molar-refractivity contribution in [2.45, 2.75) is 13.0 Å². The summed E-state index contributed by atoms with van der Waals surface area (Å²) in [5.41, 5.74) is 1.20. The predicted octanol–water partition coefficient (Wildman–Crippen LogP) is 4.72. The number of rotatable bonds is 3. The zero-order valence-corrected chi connectivity index (χ0v) is 12.0. The monoisotopic (exact) mass is 315 g/mol. The molecule has 0 spiro atoms. The summed E-state index contributed by atoms with van der Waals surface area (Å²) >= 11 is 11.4. The molecule has 0 heterocycles. The number of hydrogen-bond donors (Lipinski definition) is 3. The van der Waals surface area contributed by atoms with Crippen LogP contribution in [-0.4, -0.2) is 10.2 Å². The van der Waals surface area contributed by atoms with Crippen molar-refractivity contribution in [1.29, 1.82) is 0 Å². The third kappa shape index (κ3) is 3.26. The van der Waals surface area contributed by atoms with Crippen LogP contribution in [-0.2, 0) is 0 Å². The van der Waals surface area contributed by atoms with E-state index in [0.717, 1.165) is 0 Å². The summed E-state index contributed by atoms with van der Waals surface area (Å²) in [6, 6.07) is 6.87. The van der Waals surface area contributed by atoms with Gasteiger partial charge in [0.05, 0.1) is 10.0 Å². The van der Waals surface area contributed by atoms with Crippen molar-refractivity contribution in [2.75, 3.05) is 5.32 Å². The first-order chi connectivity index (χ1) is 9.36. The van der Waals surface area contributed by atoms with Crippen molar-refractivity contribution in [3.8, 4) is 11.5 Å². The molecule has 0 bridgehead atoms. The van der Waals surface area contributed by atoms with Gasteiger partial charge in [0.2, 0.25) is 0 Å². The Bertz CT molecular complexity index is 606. The largest absolute Gasteiger partial charge is 0.508 e. The maximum atomic E-state index is 13.3. The van der Waals surface area contributed by atoms with Gasteiger partial charge >= 0.3 is 0 Å². The van der Waals surface area contributed by atoms with Gasteiger partial charge in [-0.05, 0) is 36.8 Å². The molecule has 0 aromatic heterocycles. The highest BCUT2D eigenvalue weighted by Gasteiger charge is 2.11. The zero-order valence-electron chi connectivity index (χ0n) is 10.5. The lowest BCUT2D eigenvalue weighted by Gasteiger charge is -2.17. The minimum absolute atomic E-state index is 0.0381. The summed E-state index contributed by atoms with van der Waals surface area (Å²) in [4.78, 5) is 0. The number of aromatic hydroxyl groups is 2.